The Labute approximate surface area is 140 Å². The molecule has 0 aliphatic rings. The molecule has 24 heavy (non-hydrogen) atoms. The van der Waals surface area contributed by atoms with Gasteiger partial charge in [0.2, 0.25) is 0 Å². The fourth-order valence-corrected chi connectivity index (χ4v) is 2.29. The van der Waals surface area contributed by atoms with Gasteiger partial charge < -0.3 is 10.1 Å². The maximum Gasteiger partial charge on any atom is 0.277 e. The summed E-state index contributed by atoms with van der Waals surface area (Å²) in [5, 5.41) is 10.8. The average molecular weight is 322 g/mol. The van der Waals surface area contributed by atoms with Gasteiger partial charge in [0.15, 0.2) is 5.69 Å². The van der Waals surface area contributed by atoms with Crippen LogP contribution in [0.2, 0.25) is 0 Å². The van der Waals surface area contributed by atoms with Crippen LogP contribution in [0.5, 0.6) is 0 Å². The van der Waals surface area contributed by atoms with Crippen LogP contribution < -0.4 is 5.32 Å². The first-order valence-electron chi connectivity index (χ1n) is 7.54. The van der Waals surface area contributed by atoms with E-state index in [1.165, 1.54) is 0 Å². The molecular weight excluding hydrogens is 304 g/mol. The van der Waals surface area contributed by atoms with Crippen molar-refractivity contribution in [1.29, 1.82) is 0 Å². The van der Waals surface area contributed by atoms with Crippen molar-refractivity contribution in [3.63, 3.8) is 0 Å². The summed E-state index contributed by atoms with van der Waals surface area (Å²) in [7, 11) is 1.63. The molecule has 122 valence electrons. The number of carbonyl (C=O) groups excluding carboxylic acids is 1. The number of rotatable bonds is 5. The third-order valence-electron chi connectivity index (χ3n) is 3.52. The van der Waals surface area contributed by atoms with Gasteiger partial charge in [-0.05, 0) is 36.8 Å². The Morgan fingerprint density at radius 2 is 2.00 bits per heavy atom. The molecular formula is C18H18N4O2. The van der Waals surface area contributed by atoms with Gasteiger partial charge in [-0.25, -0.2) is 4.68 Å². The third kappa shape index (κ3) is 3.67. The molecule has 0 aliphatic heterocycles. The highest BCUT2D eigenvalue weighted by Crippen LogP contribution is 2.13. The van der Waals surface area contributed by atoms with Gasteiger partial charge in [-0.15, -0.1) is 5.10 Å². The van der Waals surface area contributed by atoms with E-state index in [1.54, 1.807) is 18.0 Å². The van der Waals surface area contributed by atoms with Gasteiger partial charge in [0.25, 0.3) is 5.91 Å². The lowest BCUT2D eigenvalue weighted by atomic mass is 10.2. The lowest BCUT2D eigenvalue weighted by Crippen LogP contribution is -2.12. The zero-order valence-corrected chi connectivity index (χ0v) is 13.6. The summed E-state index contributed by atoms with van der Waals surface area (Å²) in [5.41, 5.74) is 3.95. The molecule has 0 bridgehead atoms. The lowest BCUT2D eigenvalue weighted by molar-refractivity contribution is 0.102. The summed E-state index contributed by atoms with van der Waals surface area (Å²) in [5.74, 6) is -0.303. The summed E-state index contributed by atoms with van der Waals surface area (Å²) in [6, 6.07) is 15.3. The Hall–Kier alpha value is -2.99. The van der Waals surface area contributed by atoms with E-state index in [1.807, 2.05) is 55.5 Å². The molecule has 6 nitrogen and oxygen atoms in total. The predicted molar refractivity (Wildman–Crippen MR) is 91.2 cm³/mol. The minimum absolute atomic E-state index is 0.257. The van der Waals surface area contributed by atoms with E-state index in [4.69, 9.17) is 4.74 Å². The molecule has 1 aromatic heterocycles. The standard InChI is InChI=1S/C18H18N4O2/c1-13-6-8-16(9-7-13)22-11-17(20-21-22)18(23)19-15-5-3-4-14(10-15)12-24-2/h3-11H,12H2,1-2H3,(H,19,23). The van der Waals surface area contributed by atoms with Crippen molar-refractivity contribution in [2.24, 2.45) is 0 Å². The number of anilines is 1. The Balaban J connectivity index is 1.74. The van der Waals surface area contributed by atoms with Gasteiger partial charge in [0.05, 0.1) is 18.5 Å². The van der Waals surface area contributed by atoms with E-state index in [-0.39, 0.29) is 11.6 Å². The highest BCUT2D eigenvalue weighted by Gasteiger charge is 2.12. The number of ether oxygens (including phenoxy) is 1. The maximum absolute atomic E-state index is 12.3. The Morgan fingerprint density at radius 1 is 1.21 bits per heavy atom. The molecule has 2 aromatic carbocycles. The second-order valence-electron chi connectivity index (χ2n) is 5.47. The quantitative estimate of drug-likeness (QED) is 0.784. The number of hydrogen-bond acceptors (Lipinski definition) is 4. The molecule has 1 N–H and O–H groups in total. The smallest absolute Gasteiger partial charge is 0.277 e. The molecule has 0 spiro atoms. The summed E-state index contributed by atoms with van der Waals surface area (Å²) in [6.07, 6.45) is 1.61. The van der Waals surface area contributed by atoms with Crippen LogP contribution in [0.4, 0.5) is 5.69 Å². The first-order valence-corrected chi connectivity index (χ1v) is 7.54. The first-order chi connectivity index (χ1) is 11.7. The van der Waals surface area contributed by atoms with E-state index in [0.29, 0.717) is 12.3 Å². The molecule has 0 atom stereocenters. The third-order valence-corrected chi connectivity index (χ3v) is 3.52. The summed E-state index contributed by atoms with van der Waals surface area (Å²) >= 11 is 0. The van der Waals surface area contributed by atoms with Crippen molar-refractivity contribution in [1.82, 2.24) is 15.0 Å². The number of benzene rings is 2. The molecule has 3 aromatic rings. The summed E-state index contributed by atoms with van der Waals surface area (Å²) in [6.45, 7) is 2.51. The number of hydrogen-bond donors (Lipinski definition) is 1. The summed E-state index contributed by atoms with van der Waals surface area (Å²) in [4.78, 5) is 12.3. The maximum atomic E-state index is 12.3. The number of aromatic nitrogens is 3. The molecule has 0 fully saturated rings. The predicted octanol–water partition coefficient (Wildman–Crippen LogP) is 2.97. The Bertz CT molecular complexity index is 840. The van der Waals surface area contributed by atoms with Crippen molar-refractivity contribution in [3.8, 4) is 5.69 Å². The number of nitrogens with zero attached hydrogens (tertiary/aromatic N) is 3. The molecule has 1 heterocycles. The summed E-state index contributed by atoms with van der Waals surface area (Å²) < 4.78 is 6.67. The second-order valence-corrected chi connectivity index (χ2v) is 5.47. The Morgan fingerprint density at radius 3 is 2.75 bits per heavy atom. The van der Waals surface area contributed by atoms with Crippen LogP contribution in [-0.4, -0.2) is 28.0 Å². The number of nitrogens with one attached hydrogen (secondary N) is 1. The number of carbonyl (C=O) groups is 1. The Kier molecular flexibility index (Phi) is 4.67. The minimum Gasteiger partial charge on any atom is -0.380 e. The van der Waals surface area contributed by atoms with Gasteiger partial charge in [-0.2, -0.15) is 0 Å². The topological polar surface area (TPSA) is 69.0 Å². The highest BCUT2D eigenvalue weighted by molar-refractivity contribution is 6.02. The molecule has 3 rings (SSSR count). The van der Waals surface area contributed by atoms with Gasteiger partial charge in [-0.3, -0.25) is 4.79 Å². The van der Waals surface area contributed by atoms with Crippen LogP contribution in [0.1, 0.15) is 21.6 Å². The molecule has 0 radical (unpaired) electrons. The van der Waals surface area contributed by atoms with Crippen molar-refractivity contribution in [2.45, 2.75) is 13.5 Å². The van der Waals surface area contributed by atoms with Crippen LogP contribution in [0.3, 0.4) is 0 Å². The lowest BCUT2D eigenvalue weighted by Gasteiger charge is -2.05. The molecule has 0 saturated carbocycles. The fraction of sp³-hybridized carbons (Fsp3) is 0.167. The monoisotopic (exact) mass is 322 g/mol. The van der Waals surface area contributed by atoms with Crippen molar-refractivity contribution in [3.05, 3.63) is 71.5 Å². The second kappa shape index (κ2) is 7.06. The first kappa shape index (κ1) is 15.9. The van der Waals surface area contributed by atoms with Crippen LogP contribution in [0, 0.1) is 6.92 Å². The van der Waals surface area contributed by atoms with Crippen LogP contribution in [0.15, 0.2) is 54.7 Å². The van der Waals surface area contributed by atoms with Gasteiger partial charge in [-0.1, -0.05) is 35.0 Å². The van der Waals surface area contributed by atoms with E-state index < -0.39 is 0 Å². The van der Waals surface area contributed by atoms with Crippen molar-refractivity contribution in [2.75, 3.05) is 12.4 Å². The number of methoxy groups -OCH3 is 1. The zero-order chi connectivity index (χ0) is 16.9. The molecule has 1 amide bonds. The SMILES string of the molecule is COCc1cccc(NC(=O)c2cn(-c3ccc(C)cc3)nn2)c1. The zero-order valence-electron chi connectivity index (χ0n) is 13.6. The number of amides is 1. The minimum atomic E-state index is -0.303. The van der Waals surface area contributed by atoms with E-state index >= 15 is 0 Å². The van der Waals surface area contributed by atoms with Gasteiger partial charge in [0, 0.05) is 12.8 Å². The van der Waals surface area contributed by atoms with Crippen molar-refractivity contribution >= 4 is 11.6 Å². The molecule has 0 saturated heterocycles. The average Bonchev–Trinajstić information content (AvgIpc) is 3.06. The van der Waals surface area contributed by atoms with Crippen LogP contribution in [0.25, 0.3) is 5.69 Å². The fourth-order valence-electron chi connectivity index (χ4n) is 2.29. The van der Waals surface area contributed by atoms with E-state index in [2.05, 4.69) is 15.6 Å². The van der Waals surface area contributed by atoms with Crippen LogP contribution in [-0.2, 0) is 11.3 Å². The van der Waals surface area contributed by atoms with Crippen LogP contribution >= 0.6 is 0 Å². The van der Waals surface area contributed by atoms with Gasteiger partial charge >= 0.3 is 0 Å². The van der Waals surface area contributed by atoms with E-state index in [0.717, 1.165) is 16.8 Å². The molecule has 0 aliphatic carbocycles. The van der Waals surface area contributed by atoms with Crippen molar-refractivity contribution < 1.29 is 9.53 Å². The molecule has 0 unspecified atom stereocenters. The highest BCUT2D eigenvalue weighted by atomic mass is 16.5. The normalized spacial score (nSPS) is 10.6. The van der Waals surface area contributed by atoms with Gasteiger partial charge in [0.1, 0.15) is 0 Å². The number of aryl methyl sites for hydroxylation is 1. The van der Waals surface area contributed by atoms with E-state index in [9.17, 15) is 4.79 Å². The largest absolute Gasteiger partial charge is 0.380 e. The molecule has 6 heteroatoms.